The third-order valence-electron chi connectivity index (χ3n) is 7.18. The van der Waals surface area contributed by atoms with Gasteiger partial charge in [-0.2, -0.15) is 0 Å². The van der Waals surface area contributed by atoms with Crippen LogP contribution in [-0.4, -0.2) is 19.0 Å². The lowest BCUT2D eigenvalue weighted by Crippen LogP contribution is -2.20. The minimum atomic E-state index is 0.484. The third-order valence-corrected chi connectivity index (χ3v) is 7.18. The molecule has 0 aliphatic heterocycles. The summed E-state index contributed by atoms with van der Waals surface area (Å²) in [6.07, 6.45) is 24.0. The Balaban J connectivity index is 1.32. The molecule has 0 N–H and O–H groups in total. The Bertz CT molecular complexity index is 390. The summed E-state index contributed by atoms with van der Waals surface area (Å²) in [6, 6.07) is 0. The number of hydrogen-bond acceptors (Lipinski definition) is 2. The van der Waals surface area contributed by atoms with Crippen molar-refractivity contribution in [2.45, 2.75) is 129 Å². The van der Waals surface area contributed by atoms with E-state index in [0.717, 1.165) is 37.6 Å². The molecular formula is C25H46O2. The Labute approximate surface area is 169 Å². The van der Waals surface area contributed by atoms with Gasteiger partial charge in [-0.25, -0.2) is 0 Å². The van der Waals surface area contributed by atoms with Crippen LogP contribution >= 0.6 is 0 Å². The van der Waals surface area contributed by atoms with Gasteiger partial charge in [-0.3, -0.25) is 0 Å². The molecule has 2 rings (SSSR count). The van der Waals surface area contributed by atoms with Gasteiger partial charge >= 0.3 is 0 Å². The molecule has 27 heavy (non-hydrogen) atoms. The van der Waals surface area contributed by atoms with E-state index >= 15 is 0 Å². The van der Waals surface area contributed by atoms with Gasteiger partial charge in [-0.1, -0.05) is 65.2 Å². The van der Waals surface area contributed by atoms with Crippen molar-refractivity contribution in [2.24, 2.45) is 17.3 Å². The van der Waals surface area contributed by atoms with Crippen LogP contribution in [0.1, 0.15) is 123 Å². The third kappa shape index (κ3) is 9.59. The predicted octanol–water partition coefficient (Wildman–Crippen LogP) is 7.49. The zero-order valence-corrected chi connectivity index (χ0v) is 18.4. The number of unbranched alkanes of at least 4 members (excludes halogenated alkanes) is 9. The summed E-state index contributed by atoms with van der Waals surface area (Å²) < 4.78 is 6.16. The van der Waals surface area contributed by atoms with Crippen LogP contribution in [0.2, 0.25) is 0 Å². The highest BCUT2D eigenvalue weighted by Crippen LogP contribution is 2.45. The SMILES string of the molecule is CC(C)(CCCCCC=O)CCCCCCCCCOC1CC2CCC1C2. The molecule has 0 saturated heterocycles. The van der Waals surface area contributed by atoms with Crippen molar-refractivity contribution in [1.29, 1.82) is 0 Å². The van der Waals surface area contributed by atoms with E-state index in [1.54, 1.807) is 0 Å². The molecule has 0 amide bonds. The van der Waals surface area contributed by atoms with E-state index in [0.29, 0.717) is 11.5 Å². The van der Waals surface area contributed by atoms with Crippen LogP contribution in [0.5, 0.6) is 0 Å². The fraction of sp³-hybridized carbons (Fsp3) is 0.960. The van der Waals surface area contributed by atoms with Crippen molar-refractivity contribution in [1.82, 2.24) is 0 Å². The van der Waals surface area contributed by atoms with Gasteiger partial charge in [0.1, 0.15) is 6.29 Å². The van der Waals surface area contributed by atoms with Crippen LogP contribution in [0, 0.1) is 17.3 Å². The van der Waals surface area contributed by atoms with Gasteiger partial charge < -0.3 is 9.53 Å². The Morgan fingerprint density at radius 1 is 0.815 bits per heavy atom. The van der Waals surface area contributed by atoms with Crippen LogP contribution in [-0.2, 0) is 9.53 Å². The maximum Gasteiger partial charge on any atom is 0.119 e. The van der Waals surface area contributed by atoms with Gasteiger partial charge in [0, 0.05) is 13.0 Å². The highest BCUT2D eigenvalue weighted by Gasteiger charge is 2.39. The normalized spacial score (nSPS) is 24.6. The summed E-state index contributed by atoms with van der Waals surface area (Å²) in [6.45, 7) is 5.85. The quantitative estimate of drug-likeness (QED) is 0.193. The van der Waals surface area contributed by atoms with E-state index in [2.05, 4.69) is 13.8 Å². The van der Waals surface area contributed by atoms with E-state index in [4.69, 9.17) is 4.74 Å². The van der Waals surface area contributed by atoms with Gasteiger partial charge in [-0.15, -0.1) is 0 Å². The van der Waals surface area contributed by atoms with Crippen LogP contribution in [0.15, 0.2) is 0 Å². The van der Waals surface area contributed by atoms with Crippen molar-refractivity contribution in [2.75, 3.05) is 6.61 Å². The second-order valence-electron chi connectivity index (χ2n) is 10.2. The topological polar surface area (TPSA) is 26.3 Å². The average Bonchev–Trinajstić information content (AvgIpc) is 3.26. The van der Waals surface area contributed by atoms with Gasteiger partial charge in [0.15, 0.2) is 0 Å². The van der Waals surface area contributed by atoms with Crippen LogP contribution in [0.4, 0.5) is 0 Å². The first-order valence-corrected chi connectivity index (χ1v) is 12.2. The lowest BCUT2D eigenvalue weighted by molar-refractivity contribution is -0.107. The first-order chi connectivity index (χ1) is 13.1. The predicted molar refractivity (Wildman–Crippen MR) is 115 cm³/mol. The molecule has 0 heterocycles. The Morgan fingerprint density at radius 3 is 2.04 bits per heavy atom. The van der Waals surface area contributed by atoms with E-state index in [1.807, 2.05) is 0 Å². The van der Waals surface area contributed by atoms with E-state index in [1.165, 1.54) is 96.3 Å². The Kier molecular flexibility index (Phi) is 11.0. The molecule has 0 aromatic heterocycles. The lowest BCUT2D eigenvalue weighted by Gasteiger charge is -2.24. The summed E-state index contributed by atoms with van der Waals surface area (Å²) in [4.78, 5) is 10.3. The fourth-order valence-corrected chi connectivity index (χ4v) is 5.35. The zero-order chi connectivity index (χ0) is 19.4. The highest BCUT2D eigenvalue weighted by molar-refractivity contribution is 5.48. The number of hydrogen-bond donors (Lipinski definition) is 0. The maximum atomic E-state index is 10.3. The second kappa shape index (κ2) is 13.0. The maximum absolute atomic E-state index is 10.3. The molecule has 3 unspecified atom stereocenters. The molecule has 2 heteroatoms. The van der Waals surface area contributed by atoms with Crippen molar-refractivity contribution in [3.8, 4) is 0 Å². The molecule has 2 aliphatic rings. The van der Waals surface area contributed by atoms with E-state index in [9.17, 15) is 4.79 Å². The van der Waals surface area contributed by atoms with Crippen molar-refractivity contribution in [3.63, 3.8) is 0 Å². The molecule has 0 spiro atoms. The molecule has 3 atom stereocenters. The molecular weight excluding hydrogens is 332 g/mol. The first kappa shape index (κ1) is 22.9. The summed E-state index contributed by atoms with van der Waals surface area (Å²) in [5.74, 6) is 1.92. The number of fused-ring (bicyclic) bond motifs is 2. The molecule has 2 saturated carbocycles. The number of rotatable bonds is 17. The molecule has 0 aromatic rings. The first-order valence-electron chi connectivity index (χ1n) is 12.2. The van der Waals surface area contributed by atoms with Crippen molar-refractivity contribution >= 4 is 6.29 Å². The zero-order valence-electron chi connectivity index (χ0n) is 18.4. The molecule has 0 radical (unpaired) electrons. The standard InChI is InChI=1S/C25H46O2/c1-25(2,17-11-7-8-12-18-26)16-10-6-4-3-5-9-13-19-27-24-21-22-14-15-23(24)20-22/h18,22-24H,3-17,19-21H2,1-2H3. The smallest absolute Gasteiger partial charge is 0.119 e. The number of ether oxygens (including phenoxy) is 1. The number of carbonyl (C=O) groups excluding carboxylic acids is 1. The van der Waals surface area contributed by atoms with Gasteiger partial charge in [0.05, 0.1) is 6.10 Å². The van der Waals surface area contributed by atoms with Gasteiger partial charge in [-0.05, 0) is 68.6 Å². The minimum absolute atomic E-state index is 0.484. The Morgan fingerprint density at radius 2 is 1.44 bits per heavy atom. The molecule has 2 fully saturated rings. The molecule has 2 nitrogen and oxygen atoms in total. The van der Waals surface area contributed by atoms with E-state index < -0.39 is 0 Å². The monoisotopic (exact) mass is 378 g/mol. The van der Waals surface area contributed by atoms with Crippen molar-refractivity contribution in [3.05, 3.63) is 0 Å². The van der Waals surface area contributed by atoms with Gasteiger partial charge in [0.25, 0.3) is 0 Å². The van der Waals surface area contributed by atoms with Crippen LogP contribution < -0.4 is 0 Å². The minimum Gasteiger partial charge on any atom is -0.378 e. The lowest BCUT2D eigenvalue weighted by atomic mass is 9.82. The molecule has 158 valence electrons. The molecule has 0 aromatic carbocycles. The molecule has 2 aliphatic carbocycles. The highest BCUT2D eigenvalue weighted by atomic mass is 16.5. The summed E-state index contributed by atoms with van der Waals surface area (Å²) in [7, 11) is 0. The Hall–Kier alpha value is -0.370. The number of aldehydes is 1. The fourth-order valence-electron chi connectivity index (χ4n) is 5.35. The second-order valence-corrected chi connectivity index (χ2v) is 10.2. The summed E-state index contributed by atoms with van der Waals surface area (Å²) in [5.41, 5.74) is 0.484. The summed E-state index contributed by atoms with van der Waals surface area (Å²) >= 11 is 0. The largest absolute Gasteiger partial charge is 0.378 e. The van der Waals surface area contributed by atoms with Gasteiger partial charge in [0.2, 0.25) is 0 Å². The van der Waals surface area contributed by atoms with E-state index in [-0.39, 0.29) is 0 Å². The summed E-state index contributed by atoms with van der Waals surface area (Å²) in [5, 5.41) is 0. The van der Waals surface area contributed by atoms with Crippen LogP contribution in [0.25, 0.3) is 0 Å². The molecule has 2 bridgehead atoms. The number of carbonyl (C=O) groups is 1. The average molecular weight is 379 g/mol. The van der Waals surface area contributed by atoms with Crippen molar-refractivity contribution < 1.29 is 9.53 Å². The van der Waals surface area contributed by atoms with Crippen LogP contribution in [0.3, 0.4) is 0 Å².